The molecule has 84 valence electrons. The fourth-order valence-electron chi connectivity index (χ4n) is 1.30. The zero-order valence-electron chi connectivity index (χ0n) is 8.90. The molecule has 0 aliphatic carbocycles. The Labute approximate surface area is 102 Å². The summed E-state index contributed by atoms with van der Waals surface area (Å²) in [6, 6.07) is 0. The Bertz CT molecular complexity index is 556. The second-order valence-electron chi connectivity index (χ2n) is 3.40. The first-order valence-electron chi connectivity index (χ1n) is 4.72. The molecule has 6 heteroatoms. The van der Waals surface area contributed by atoms with E-state index in [0.29, 0.717) is 6.54 Å². The minimum absolute atomic E-state index is 0.00694. The molecular weight excluding hydrogens is 246 g/mol. The van der Waals surface area contributed by atoms with E-state index in [1.165, 1.54) is 15.6 Å². The molecule has 0 aliphatic rings. The minimum Gasteiger partial charge on any atom is -0.304 e. The van der Waals surface area contributed by atoms with Crippen LogP contribution in [0.15, 0.2) is 17.2 Å². The third kappa shape index (κ3) is 2.15. The number of aryl methyl sites for hydroxylation is 2. The molecule has 2 aromatic rings. The van der Waals surface area contributed by atoms with Gasteiger partial charge in [0.2, 0.25) is 0 Å². The van der Waals surface area contributed by atoms with Gasteiger partial charge in [0.05, 0.1) is 12.2 Å². The van der Waals surface area contributed by atoms with E-state index in [2.05, 4.69) is 9.97 Å². The fourth-order valence-corrected chi connectivity index (χ4v) is 2.40. The van der Waals surface area contributed by atoms with Gasteiger partial charge in [-0.25, -0.2) is 9.97 Å². The predicted molar refractivity (Wildman–Crippen MR) is 64.2 cm³/mol. The van der Waals surface area contributed by atoms with Crippen molar-refractivity contribution in [1.29, 1.82) is 0 Å². The Kier molecular flexibility index (Phi) is 3.07. The lowest BCUT2D eigenvalue weighted by molar-refractivity contribution is 0.742. The molecule has 0 atom stereocenters. The zero-order chi connectivity index (χ0) is 11.7. The van der Waals surface area contributed by atoms with E-state index in [1.807, 2.05) is 13.8 Å². The Morgan fingerprint density at radius 1 is 1.50 bits per heavy atom. The second kappa shape index (κ2) is 4.35. The number of halogens is 1. The molecule has 0 unspecified atom stereocenters. The normalized spacial score (nSPS) is 10.7. The summed E-state index contributed by atoms with van der Waals surface area (Å²) in [6.45, 7) is 4.41. The standard InChI is InChI=1S/C10H10ClN3OS/c1-6-7(2)16-8(13-6)5-14-4-3-12-9(11)10(14)15/h3-4H,5H2,1-2H3. The molecule has 4 nitrogen and oxygen atoms in total. The highest BCUT2D eigenvalue weighted by Gasteiger charge is 2.07. The van der Waals surface area contributed by atoms with Gasteiger partial charge in [-0.2, -0.15) is 0 Å². The summed E-state index contributed by atoms with van der Waals surface area (Å²) in [5, 5.41) is 0.895. The van der Waals surface area contributed by atoms with Crippen molar-refractivity contribution < 1.29 is 0 Å². The highest BCUT2D eigenvalue weighted by molar-refractivity contribution is 7.11. The number of hydrogen-bond acceptors (Lipinski definition) is 4. The summed E-state index contributed by atoms with van der Waals surface area (Å²) in [6.07, 6.45) is 3.12. The third-order valence-corrected chi connectivity index (χ3v) is 3.57. The van der Waals surface area contributed by atoms with Gasteiger partial charge in [-0.3, -0.25) is 4.79 Å². The van der Waals surface area contributed by atoms with Crippen molar-refractivity contribution in [2.45, 2.75) is 20.4 Å². The van der Waals surface area contributed by atoms with E-state index in [1.54, 1.807) is 17.5 Å². The topological polar surface area (TPSA) is 47.8 Å². The summed E-state index contributed by atoms with van der Waals surface area (Å²) in [7, 11) is 0. The highest BCUT2D eigenvalue weighted by Crippen LogP contribution is 2.16. The SMILES string of the molecule is Cc1nc(Cn2ccnc(Cl)c2=O)sc1C. The monoisotopic (exact) mass is 255 g/mol. The Hall–Kier alpha value is -1.20. The summed E-state index contributed by atoms with van der Waals surface area (Å²) in [5.41, 5.74) is 0.725. The van der Waals surface area contributed by atoms with Crippen LogP contribution < -0.4 is 5.56 Å². The van der Waals surface area contributed by atoms with Gasteiger partial charge < -0.3 is 4.57 Å². The van der Waals surface area contributed by atoms with E-state index in [-0.39, 0.29) is 10.7 Å². The van der Waals surface area contributed by atoms with Gasteiger partial charge in [0, 0.05) is 17.3 Å². The third-order valence-electron chi connectivity index (χ3n) is 2.25. The zero-order valence-corrected chi connectivity index (χ0v) is 10.5. The Balaban J connectivity index is 2.34. The van der Waals surface area contributed by atoms with Crippen molar-refractivity contribution in [1.82, 2.24) is 14.5 Å². The quantitative estimate of drug-likeness (QED) is 0.825. The first-order valence-corrected chi connectivity index (χ1v) is 5.91. The number of aromatic nitrogens is 3. The van der Waals surface area contributed by atoms with Gasteiger partial charge in [-0.1, -0.05) is 11.6 Å². The van der Waals surface area contributed by atoms with Crippen LogP contribution >= 0.6 is 22.9 Å². The lowest BCUT2D eigenvalue weighted by atomic mass is 10.4. The van der Waals surface area contributed by atoms with E-state index in [4.69, 9.17) is 11.6 Å². The summed E-state index contributed by atoms with van der Waals surface area (Å²) < 4.78 is 1.51. The second-order valence-corrected chi connectivity index (χ2v) is 5.05. The minimum atomic E-state index is -0.283. The van der Waals surface area contributed by atoms with Crippen molar-refractivity contribution in [3.05, 3.63) is 43.5 Å². The Morgan fingerprint density at radius 2 is 2.25 bits per heavy atom. The van der Waals surface area contributed by atoms with E-state index in [9.17, 15) is 4.79 Å². The Morgan fingerprint density at radius 3 is 2.88 bits per heavy atom. The summed E-state index contributed by atoms with van der Waals surface area (Å²) >= 11 is 7.24. The molecule has 0 radical (unpaired) electrons. The average Bonchev–Trinajstić information content (AvgIpc) is 2.54. The first kappa shape index (κ1) is 11.3. The van der Waals surface area contributed by atoms with Crippen molar-refractivity contribution in [3.8, 4) is 0 Å². The van der Waals surface area contributed by atoms with Crippen LogP contribution in [0.2, 0.25) is 5.15 Å². The first-order chi connectivity index (χ1) is 7.58. The van der Waals surface area contributed by atoms with E-state index < -0.39 is 0 Å². The van der Waals surface area contributed by atoms with Crippen LogP contribution in [0.1, 0.15) is 15.6 Å². The maximum atomic E-state index is 11.6. The largest absolute Gasteiger partial charge is 0.304 e. The summed E-state index contributed by atoms with van der Waals surface area (Å²) in [4.78, 5) is 20.9. The highest BCUT2D eigenvalue weighted by atomic mass is 35.5. The molecule has 0 amide bonds. The molecule has 0 saturated heterocycles. The summed E-state index contributed by atoms with van der Waals surface area (Å²) in [5.74, 6) is 0. The van der Waals surface area contributed by atoms with Crippen LogP contribution in [0.3, 0.4) is 0 Å². The molecular formula is C10H10ClN3OS. The molecule has 0 N–H and O–H groups in total. The van der Waals surface area contributed by atoms with Crippen LogP contribution in [-0.2, 0) is 6.54 Å². The van der Waals surface area contributed by atoms with E-state index in [0.717, 1.165) is 10.7 Å². The van der Waals surface area contributed by atoms with Gasteiger partial charge in [-0.05, 0) is 13.8 Å². The van der Waals surface area contributed by atoms with Crippen molar-refractivity contribution in [2.24, 2.45) is 0 Å². The van der Waals surface area contributed by atoms with Crippen LogP contribution in [-0.4, -0.2) is 14.5 Å². The molecule has 0 aliphatic heterocycles. The van der Waals surface area contributed by atoms with Crippen LogP contribution in [0.4, 0.5) is 0 Å². The lowest BCUT2D eigenvalue weighted by Crippen LogP contribution is -2.21. The van der Waals surface area contributed by atoms with Gasteiger partial charge in [0.25, 0.3) is 5.56 Å². The van der Waals surface area contributed by atoms with Crippen LogP contribution in [0.25, 0.3) is 0 Å². The van der Waals surface area contributed by atoms with Crippen LogP contribution in [0.5, 0.6) is 0 Å². The van der Waals surface area contributed by atoms with Gasteiger partial charge >= 0.3 is 0 Å². The van der Waals surface area contributed by atoms with Gasteiger partial charge in [0.15, 0.2) is 5.15 Å². The molecule has 16 heavy (non-hydrogen) atoms. The number of hydrogen-bond donors (Lipinski definition) is 0. The number of nitrogens with zero attached hydrogens (tertiary/aromatic N) is 3. The molecule has 2 rings (SSSR count). The molecule has 2 aromatic heterocycles. The van der Waals surface area contributed by atoms with Gasteiger partial charge in [0.1, 0.15) is 5.01 Å². The molecule has 0 spiro atoms. The fraction of sp³-hybridized carbons (Fsp3) is 0.300. The number of thiazole rings is 1. The van der Waals surface area contributed by atoms with Crippen molar-refractivity contribution in [2.75, 3.05) is 0 Å². The van der Waals surface area contributed by atoms with Gasteiger partial charge in [-0.15, -0.1) is 11.3 Å². The molecule has 0 bridgehead atoms. The van der Waals surface area contributed by atoms with Crippen LogP contribution in [0, 0.1) is 13.8 Å². The molecule has 0 saturated carbocycles. The lowest BCUT2D eigenvalue weighted by Gasteiger charge is -2.01. The molecule has 0 fully saturated rings. The maximum Gasteiger partial charge on any atom is 0.288 e. The van der Waals surface area contributed by atoms with Crippen molar-refractivity contribution in [3.63, 3.8) is 0 Å². The number of rotatable bonds is 2. The smallest absolute Gasteiger partial charge is 0.288 e. The molecule has 0 aromatic carbocycles. The maximum absolute atomic E-state index is 11.6. The van der Waals surface area contributed by atoms with Crippen molar-refractivity contribution >= 4 is 22.9 Å². The average molecular weight is 256 g/mol. The van der Waals surface area contributed by atoms with E-state index >= 15 is 0 Å². The molecule has 2 heterocycles. The predicted octanol–water partition coefficient (Wildman–Crippen LogP) is 2.02.